The van der Waals surface area contributed by atoms with Crippen molar-refractivity contribution in [1.82, 2.24) is 9.97 Å². The third-order valence-electron chi connectivity index (χ3n) is 6.01. The Morgan fingerprint density at radius 2 is 1.56 bits per heavy atom. The lowest BCUT2D eigenvalue weighted by Gasteiger charge is -2.36. The third-order valence-corrected chi connectivity index (χ3v) is 6.01. The first-order valence-electron chi connectivity index (χ1n) is 11.6. The van der Waals surface area contributed by atoms with E-state index >= 15 is 0 Å². The Labute approximate surface area is 207 Å². The molecule has 1 amide bonds. The van der Waals surface area contributed by atoms with Crippen LogP contribution in [0.3, 0.4) is 0 Å². The number of furan rings is 1. The summed E-state index contributed by atoms with van der Waals surface area (Å²) in [4.78, 5) is 37.9. The summed E-state index contributed by atoms with van der Waals surface area (Å²) in [6.07, 6.45) is 2.34. The maximum absolute atomic E-state index is 13.1. The number of benzene rings is 2. The van der Waals surface area contributed by atoms with Gasteiger partial charge in [-0.3, -0.25) is 9.59 Å². The Kier molecular flexibility index (Phi) is 6.44. The number of nitrogens with one attached hydrogen (secondary N) is 1. The molecule has 1 saturated heterocycles. The summed E-state index contributed by atoms with van der Waals surface area (Å²) < 4.78 is 18.7. The van der Waals surface area contributed by atoms with E-state index in [1.54, 1.807) is 25.1 Å². The van der Waals surface area contributed by atoms with Crippen molar-refractivity contribution in [2.24, 2.45) is 0 Å². The average molecular weight is 486 g/mol. The minimum Gasteiger partial charge on any atom is -0.457 e. The van der Waals surface area contributed by atoms with Gasteiger partial charge in [-0.05, 0) is 42.8 Å². The molecule has 0 atom stereocenters. The summed E-state index contributed by atoms with van der Waals surface area (Å²) in [6, 6.07) is 18.4. The Morgan fingerprint density at radius 1 is 0.917 bits per heavy atom. The van der Waals surface area contributed by atoms with Crippen LogP contribution < -0.4 is 15.1 Å². The molecule has 0 aliphatic carbocycles. The Bertz CT molecular complexity index is 1360. The van der Waals surface area contributed by atoms with Gasteiger partial charge in [0.25, 0.3) is 11.7 Å². The molecular weight excluding hydrogens is 461 g/mol. The fourth-order valence-corrected chi connectivity index (χ4v) is 4.20. The molecule has 36 heavy (non-hydrogen) atoms. The topological polar surface area (TPSA) is 91.6 Å². The number of piperazine rings is 1. The van der Waals surface area contributed by atoms with Gasteiger partial charge >= 0.3 is 0 Å². The number of carbonyl (C=O) groups is 2. The van der Waals surface area contributed by atoms with Crippen LogP contribution in [0.15, 0.2) is 77.5 Å². The van der Waals surface area contributed by atoms with E-state index in [0.29, 0.717) is 36.0 Å². The van der Waals surface area contributed by atoms with Gasteiger partial charge in [0, 0.05) is 43.1 Å². The first kappa shape index (κ1) is 23.2. The number of hydrogen-bond acceptors (Lipinski definition) is 7. The number of rotatable bonds is 6. The number of carbonyl (C=O) groups excluding carboxylic acids is 2. The number of aromatic nitrogens is 2. The van der Waals surface area contributed by atoms with Gasteiger partial charge in [0.05, 0.1) is 12.4 Å². The van der Waals surface area contributed by atoms with E-state index in [9.17, 15) is 14.0 Å². The van der Waals surface area contributed by atoms with Crippen LogP contribution in [-0.2, 0) is 4.79 Å². The molecule has 1 fully saturated rings. The van der Waals surface area contributed by atoms with Gasteiger partial charge in [0.15, 0.2) is 11.6 Å². The van der Waals surface area contributed by atoms with Crippen molar-refractivity contribution < 1.29 is 18.4 Å². The van der Waals surface area contributed by atoms with Crippen molar-refractivity contribution in [2.45, 2.75) is 6.92 Å². The summed E-state index contributed by atoms with van der Waals surface area (Å²) in [5.74, 6) is -0.855. The molecule has 0 spiro atoms. The van der Waals surface area contributed by atoms with Gasteiger partial charge in [-0.25, -0.2) is 14.4 Å². The van der Waals surface area contributed by atoms with Crippen LogP contribution in [0.1, 0.15) is 16.3 Å². The number of anilines is 3. The van der Waals surface area contributed by atoms with E-state index in [-0.39, 0.29) is 5.76 Å². The van der Waals surface area contributed by atoms with Crippen molar-refractivity contribution >= 4 is 29.0 Å². The van der Waals surface area contributed by atoms with Crippen molar-refractivity contribution in [1.29, 1.82) is 0 Å². The highest BCUT2D eigenvalue weighted by atomic mass is 19.1. The zero-order valence-electron chi connectivity index (χ0n) is 19.6. The fourth-order valence-electron chi connectivity index (χ4n) is 4.20. The van der Waals surface area contributed by atoms with Crippen molar-refractivity contribution in [3.63, 3.8) is 0 Å². The van der Waals surface area contributed by atoms with E-state index in [2.05, 4.69) is 20.2 Å². The number of hydrogen-bond donors (Lipinski definition) is 1. The lowest BCUT2D eigenvalue weighted by Crippen LogP contribution is -2.47. The summed E-state index contributed by atoms with van der Waals surface area (Å²) in [5.41, 5.74) is 2.90. The molecule has 1 aliphatic rings. The molecule has 2 aromatic carbocycles. The SMILES string of the molecule is Cc1cc(-c2ccccc2)c(C(=O)C(=O)Nc2ccc(N3CCN(c4ncc(F)cn4)CC3)cc2)o1. The third kappa shape index (κ3) is 4.95. The lowest BCUT2D eigenvalue weighted by atomic mass is 10.0. The van der Waals surface area contributed by atoms with Crippen molar-refractivity contribution in [3.05, 3.63) is 90.4 Å². The quantitative estimate of drug-likeness (QED) is 0.321. The van der Waals surface area contributed by atoms with Gasteiger partial charge in [-0.1, -0.05) is 30.3 Å². The number of Topliss-reactive ketones (excluding diaryl/α,β-unsaturated/α-hetero) is 1. The van der Waals surface area contributed by atoms with Crippen LogP contribution in [-0.4, -0.2) is 47.8 Å². The summed E-state index contributed by atoms with van der Waals surface area (Å²) >= 11 is 0. The molecule has 0 unspecified atom stereocenters. The van der Waals surface area contributed by atoms with E-state index in [1.165, 1.54) is 12.4 Å². The summed E-state index contributed by atoms with van der Waals surface area (Å²) in [7, 11) is 0. The van der Waals surface area contributed by atoms with Gasteiger partial charge in [0.2, 0.25) is 5.95 Å². The van der Waals surface area contributed by atoms with Crippen molar-refractivity contribution in [3.8, 4) is 11.1 Å². The molecular formula is C27H24FN5O3. The molecule has 182 valence electrons. The zero-order valence-corrected chi connectivity index (χ0v) is 19.6. The van der Waals surface area contributed by atoms with Gasteiger partial charge in [-0.15, -0.1) is 0 Å². The molecule has 0 bridgehead atoms. The van der Waals surface area contributed by atoms with Gasteiger partial charge in [-0.2, -0.15) is 0 Å². The first-order chi connectivity index (χ1) is 17.5. The summed E-state index contributed by atoms with van der Waals surface area (Å²) in [5, 5.41) is 2.67. The minimum absolute atomic E-state index is 0.0239. The molecule has 0 saturated carbocycles. The predicted molar refractivity (Wildman–Crippen MR) is 135 cm³/mol. The van der Waals surface area contributed by atoms with Gasteiger partial charge < -0.3 is 19.5 Å². The molecule has 0 radical (unpaired) electrons. The second-order valence-corrected chi connectivity index (χ2v) is 8.47. The Morgan fingerprint density at radius 3 is 2.22 bits per heavy atom. The molecule has 3 heterocycles. The molecule has 1 aliphatic heterocycles. The maximum atomic E-state index is 13.1. The second-order valence-electron chi connectivity index (χ2n) is 8.47. The fraction of sp³-hybridized carbons (Fsp3) is 0.185. The first-order valence-corrected chi connectivity index (χ1v) is 11.6. The van der Waals surface area contributed by atoms with E-state index in [1.807, 2.05) is 47.4 Å². The molecule has 1 N–H and O–H groups in total. The van der Waals surface area contributed by atoms with Crippen LogP contribution >= 0.6 is 0 Å². The average Bonchev–Trinajstić information content (AvgIpc) is 3.31. The minimum atomic E-state index is -0.762. The lowest BCUT2D eigenvalue weighted by molar-refractivity contribution is -0.112. The van der Waals surface area contributed by atoms with Crippen LogP contribution in [0.2, 0.25) is 0 Å². The van der Waals surface area contributed by atoms with E-state index in [0.717, 1.165) is 24.3 Å². The predicted octanol–water partition coefficient (Wildman–Crippen LogP) is 4.33. The maximum Gasteiger partial charge on any atom is 0.300 e. The molecule has 9 heteroatoms. The van der Waals surface area contributed by atoms with Crippen LogP contribution in [0.25, 0.3) is 11.1 Å². The Balaban J connectivity index is 1.21. The van der Waals surface area contributed by atoms with E-state index in [4.69, 9.17) is 4.42 Å². The van der Waals surface area contributed by atoms with Crippen LogP contribution in [0.4, 0.5) is 21.7 Å². The number of halogens is 1. The standard InChI is InChI=1S/C27H24FN5O3/c1-18-15-23(19-5-3-2-4-6-19)25(36-18)24(34)26(35)31-21-7-9-22(10-8-21)32-11-13-33(14-12-32)27-29-16-20(28)17-30-27/h2-10,15-17H,11-14H2,1H3,(H,31,35). The number of nitrogens with zero attached hydrogens (tertiary/aromatic N) is 4. The monoisotopic (exact) mass is 485 g/mol. The smallest absolute Gasteiger partial charge is 0.300 e. The highest BCUT2D eigenvalue weighted by Crippen LogP contribution is 2.28. The highest BCUT2D eigenvalue weighted by molar-refractivity contribution is 6.46. The van der Waals surface area contributed by atoms with Gasteiger partial charge in [0.1, 0.15) is 5.76 Å². The molecule has 2 aromatic heterocycles. The molecule has 5 rings (SSSR count). The normalized spacial score (nSPS) is 13.5. The molecule has 4 aromatic rings. The van der Waals surface area contributed by atoms with Crippen LogP contribution in [0, 0.1) is 12.7 Å². The van der Waals surface area contributed by atoms with Crippen LogP contribution in [0.5, 0.6) is 0 Å². The highest BCUT2D eigenvalue weighted by Gasteiger charge is 2.25. The van der Waals surface area contributed by atoms with E-state index < -0.39 is 17.5 Å². The zero-order chi connectivity index (χ0) is 25.1. The largest absolute Gasteiger partial charge is 0.457 e. The number of amides is 1. The number of aryl methyl sites for hydroxylation is 1. The Hall–Kier alpha value is -4.53. The second kappa shape index (κ2) is 9.99. The summed E-state index contributed by atoms with van der Waals surface area (Å²) in [6.45, 7) is 4.62. The van der Waals surface area contributed by atoms with Crippen molar-refractivity contribution in [2.75, 3.05) is 41.3 Å². The molecule has 8 nitrogen and oxygen atoms in total. The number of ketones is 1.